The third-order valence-corrected chi connectivity index (χ3v) is 6.02. The third kappa shape index (κ3) is 9.25. The van der Waals surface area contributed by atoms with Crippen LogP contribution in [0.4, 0.5) is 0 Å². The fraction of sp³-hybridized carbons (Fsp3) is 0.355. The van der Waals surface area contributed by atoms with Crippen molar-refractivity contribution in [2.75, 3.05) is 28.4 Å². The van der Waals surface area contributed by atoms with E-state index in [2.05, 4.69) is 19.4 Å². The van der Waals surface area contributed by atoms with Crippen LogP contribution in [0.25, 0.3) is 0 Å². The standard InChI is InChI=1S/C19H21NO5.C12H15NO5/c1-4-8-16-14(18(21)23-2)11-15(19(22)24-3)17(20-16)25-12-13-9-6-5-7-10-13;1-4-5-9-7(11(15)17-2)6-8(10(14)13-9)12(16)18-3/h5-7,9-11H,4,8,12H2,1-3H3;6H,4-5H2,1-3H3,(H,13,14). The number of methoxy groups -OCH3 is 4. The van der Waals surface area contributed by atoms with Crippen molar-refractivity contribution in [3.8, 4) is 5.88 Å². The molecule has 0 bridgehead atoms. The normalized spacial score (nSPS) is 10.1. The summed E-state index contributed by atoms with van der Waals surface area (Å²) < 4.78 is 24.4. The zero-order chi connectivity index (χ0) is 31.9. The van der Waals surface area contributed by atoms with Gasteiger partial charge in [-0.1, -0.05) is 57.0 Å². The van der Waals surface area contributed by atoms with E-state index in [4.69, 9.17) is 14.2 Å². The van der Waals surface area contributed by atoms with E-state index < -0.39 is 29.4 Å². The van der Waals surface area contributed by atoms with Gasteiger partial charge in [-0.05, 0) is 30.5 Å². The lowest BCUT2D eigenvalue weighted by Gasteiger charge is -2.14. The summed E-state index contributed by atoms with van der Waals surface area (Å²) >= 11 is 0. The van der Waals surface area contributed by atoms with Gasteiger partial charge in [0.05, 0.1) is 45.3 Å². The Kier molecular flexibility index (Phi) is 13.6. The lowest BCUT2D eigenvalue weighted by Crippen LogP contribution is -2.23. The van der Waals surface area contributed by atoms with E-state index in [1.807, 2.05) is 44.2 Å². The van der Waals surface area contributed by atoms with Crippen LogP contribution < -0.4 is 10.3 Å². The summed E-state index contributed by atoms with van der Waals surface area (Å²) in [6.45, 7) is 4.13. The van der Waals surface area contributed by atoms with Gasteiger partial charge in [0.25, 0.3) is 5.56 Å². The molecule has 0 spiro atoms. The molecular weight excluding hydrogens is 560 g/mol. The molecule has 1 N–H and O–H groups in total. The number of esters is 4. The second-order valence-corrected chi connectivity index (χ2v) is 8.98. The van der Waals surface area contributed by atoms with Gasteiger partial charge in [-0.15, -0.1) is 0 Å². The Morgan fingerprint density at radius 3 is 1.77 bits per heavy atom. The number of carbonyl (C=O) groups is 4. The van der Waals surface area contributed by atoms with E-state index in [-0.39, 0.29) is 34.7 Å². The van der Waals surface area contributed by atoms with Crippen molar-refractivity contribution in [1.82, 2.24) is 9.97 Å². The second-order valence-electron chi connectivity index (χ2n) is 8.98. The highest BCUT2D eigenvalue weighted by molar-refractivity contribution is 5.97. The van der Waals surface area contributed by atoms with Gasteiger partial charge in [0.1, 0.15) is 17.7 Å². The lowest BCUT2D eigenvalue weighted by atomic mass is 10.1. The summed E-state index contributed by atoms with van der Waals surface area (Å²) in [7, 11) is 4.96. The molecule has 0 aliphatic carbocycles. The number of aromatic amines is 1. The highest BCUT2D eigenvalue weighted by Crippen LogP contribution is 2.24. The molecule has 1 aromatic carbocycles. The van der Waals surface area contributed by atoms with Crippen LogP contribution >= 0.6 is 0 Å². The largest absolute Gasteiger partial charge is 0.472 e. The Hall–Kier alpha value is -5.00. The van der Waals surface area contributed by atoms with Crippen molar-refractivity contribution in [3.63, 3.8) is 0 Å². The summed E-state index contributed by atoms with van der Waals surface area (Å²) in [5.41, 5.74) is 1.67. The fourth-order valence-electron chi connectivity index (χ4n) is 3.91. The van der Waals surface area contributed by atoms with Crippen LogP contribution in [0.15, 0.2) is 47.3 Å². The Morgan fingerprint density at radius 1 is 0.698 bits per heavy atom. The minimum Gasteiger partial charge on any atom is -0.472 e. The molecule has 230 valence electrons. The van der Waals surface area contributed by atoms with Gasteiger partial charge in [-0.2, -0.15) is 0 Å². The number of nitrogens with one attached hydrogen (secondary N) is 1. The van der Waals surface area contributed by atoms with Crippen LogP contribution in [0.5, 0.6) is 5.88 Å². The van der Waals surface area contributed by atoms with Crippen LogP contribution in [0.2, 0.25) is 0 Å². The molecule has 0 unspecified atom stereocenters. The van der Waals surface area contributed by atoms with E-state index in [0.29, 0.717) is 24.2 Å². The molecule has 12 nitrogen and oxygen atoms in total. The van der Waals surface area contributed by atoms with Crippen molar-refractivity contribution in [2.45, 2.75) is 46.1 Å². The predicted molar refractivity (Wildman–Crippen MR) is 155 cm³/mol. The van der Waals surface area contributed by atoms with Crippen LogP contribution in [0.3, 0.4) is 0 Å². The van der Waals surface area contributed by atoms with E-state index in [1.165, 1.54) is 40.6 Å². The Bertz CT molecular complexity index is 1480. The molecule has 3 rings (SSSR count). The number of ether oxygens (including phenoxy) is 5. The minimum atomic E-state index is -0.788. The molecule has 2 aromatic heterocycles. The van der Waals surface area contributed by atoms with Gasteiger partial charge in [0, 0.05) is 5.69 Å². The zero-order valence-corrected chi connectivity index (χ0v) is 25.1. The smallest absolute Gasteiger partial charge is 0.343 e. The second kappa shape index (κ2) is 17.1. The van der Waals surface area contributed by atoms with E-state index in [9.17, 15) is 24.0 Å². The van der Waals surface area contributed by atoms with Crippen LogP contribution in [-0.4, -0.2) is 62.3 Å². The van der Waals surface area contributed by atoms with Crippen LogP contribution in [0, 0.1) is 0 Å². The Labute approximate surface area is 249 Å². The molecule has 0 saturated heterocycles. The summed E-state index contributed by atoms with van der Waals surface area (Å²) in [4.78, 5) is 65.6. The number of benzene rings is 1. The number of aromatic nitrogens is 2. The molecule has 0 radical (unpaired) electrons. The van der Waals surface area contributed by atoms with Gasteiger partial charge < -0.3 is 28.7 Å². The van der Waals surface area contributed by atoms with Gasteiger partial charge >= 0.3 is 23.9 Å². The van der Waals surface area contributed by atoms with Gasteiger partial charge in [-0.3, -0.25) is 4.79 Å². The van der Waals surface area contributed by atoms with E-state index in [1.54, 1.807) is 0 Å². The summed E-state index contributed by atoms with van der Waals surface area (Å²) in [6.07, 6.45) is 2.61. The SMILES string of the molecule is CCCc1[nH]c(=O)c(C(=O)OC)cc1C(=O)OC.CCCc1nc(OCc2ccccc2)c(C(=O)OC)cc1C(=O)OC. The van der Waals surface area contributed by atoms with Crippen molar-refractivity contribution >= 4 is 23.9 Å². The average molecular weight is 597 g/mol. The molecule has 0 saturated carbocycles. The van der Waals surface area contributed by atoms with E-state index in [0.717, 1.165) is 18.4 Å². The van der Waals surface area contributed by atoms with Crippen LogP contribution in [-0.2, 0) is 38.4 Å². The zero-order valence-electron chi connectivity index (χ0n) is 25.1. The molecule has 0 aliphatic rings. The van der Waals surface area contributed by atoms with Crippen LogP contribution in [0.1, 0.15) is 85.1 Å². The number of aryl methyl sites for hydroxylation is 2. The summed E-state index contributed by atoms with van der Waals surface area (Å²) in [5, 5.41) is 0. The van der Waals surface area contributed by atoms with Crippen molar-refractivity contribution in [2.24, 2.45) is 0 Å². The number of nitrogens with zero attached hydrogens (tertiary/aromatic N) is 1. The first-order valence-corrected chi connectivity index (χ1v) is 13.5. The van der Waals surface area contributed by atoms with Crippen molar-refractivity contribution in [1.29, 1.82) is 0 Å². The molecule has 2 heterocycles. The first-order chi connectivity index (χ1) is 20.6. The summed E-state index contributed by atoms with van der Waals surface area (Å²) in [6, 6.07) is 12.2. The number of H-pyrrole nitrogens is 1. The number of carbonyl (C=O) groups excluding carboxylic acids is 4. The van der Waals surface area contributed by atoms with Gasteiger partial charge in [0.2, 0.25) is 5.88 Å². The Balaban J connectivity index is 0.000000317. The first-order valence-electron chi connectivity index (χ1n) is 13.5. The maximum absolute atomic E-state index is 12.1. The quantitative estimate of drug-likeness (QED) is 0.251. The molecule has 0 fully saturated rings. The van der Waals surface area contributed by atoms with Gasteiger partial charge in [-0.25, -0.2) is 24.2 Å². The van der Waals surface area contributed by atoms with E-state index >= 15 is 0 Å². The average Bonchev–Trinajstić information content (AvgIpc) is 3.03. The third-order valence-electron chi connectivity index (χ3n) is 6.02. The number of hydrogen-bond donors (Lipinski definition) is 1. The highest BCUT2D eigenvalue weighted by Gasteiger charge is 2.23. The minimum absolute atomic E-state index is 0.0960. The predicted octanol–water partition coefficient (Wildman–Crippen LogP) is 4.09. The lowest BCUT2D eigenvalue weighted by molar-refractivity contribution is 0.0576. The fourth-order valence-corrected chi connectivity index (χ4v) is 3.91. The maximum Gasteiger partial charge on any atom is 0.343 e. The molecule has 12 heteroatoms. The number of pyridine rings is 2. The van der Waals surface area contributed by atoms with Crippen molar-refractivity contribution in [3.05, 3.63) is 92.0 Å². The van der Waals surface area contributed by atoms with Crippen molar-refractivity contribution < 1.29 is 42.9 Å². The first kappa shape index (κ1) is 34.2. The molecule has 43 heavy (non-hydrogen) atoms. The molecule has 0 amide bonds. The molecule has 3 aromatic rings. The summed E-state index contributed by atoms with van der Waals surface area (Å²) in [5.74, 6) is -2.41. The molecular formula is C31H36N2O10. The topological polar surface area (TPSA) is 160 Å². The molecule has 0 aliphatic heterocycles. The maximum atomic E-state index is 12.1. The number of rotatable bonds is 11. The number of hydrogen-bond acceptors (Lipinski definition) is 11. The monoisotopic (exact) mass is 596 g/mol. The molecule has 0 atom stereocenters. The Morgan fingerprint density at radius 2 is 1.21 bits per heavy atom. The van der Waals surface area contributed by atoms with Gasteiger partial charge in [0.15, 0.2) is 0 Å². The highest BCUT2D eigenvalue weighted by atomic mass is 16.5.